The van der Waals surface area contributed by atoms with E-state index in [2.05, 4.69) is 4.98 Å². The van der Waals surface area contributed by atoms with Gasteiger partial charge in [-0.15, -0.1) is 11.3 Å². The zero-order valence-electron chi connectivity index (χ0n) is 17.0. The number of hydrazine groups is 1. The summed E-state index contributed by atoms with van der Waals surface area (Å²) in [6.45, 7) is 8.05. The molecule has 1 aromatic heterocycles. The number of carboxylic acid groups (broad SMARTS) is 1. The number of aliphatic carboxylic acids is 1. The zero-order valence-corrected chi connectivity index (χ0v) is 17.8. The SMILES string of the molecule is CC(Cc1ncc(-c2ccc(N(C=O)N3CCOCC3)cc2)s1)C(C)(C)C(=O)O. The molecular weight excluding hydrogens is 390 g/mol. The Morgan fingerprint density at radius 3 is 2.59 bits per heavy atom. The van der Waals surface area contributed by atoms with Crippen LogP contribution in [-0.4, -0.2) is 53.8 Å². The molecule has 0 spiro atoms. The summed E-state index contributed by atoms with van der Waals surface area (Å²) in [6.07, 6.45) is 3.28. The highest BCUT2D eigenvalue weighted by molar-refractivity contribution is 7.15. The quantitative estimate of drug-likeness (QED) is 0.664. The highest BCUT2D eigenvalue weighted by atomic mass is 32.1. The molecule has 1 saturated heterocycles. The predicted octanol–water partition coefficient (Wildman–Crippen LogP) is 3.31. The van der Waals surface area contributed by atoms with Gasteiger partial charge in [0.05, 0.1) is 34.2 Å². The van der Waals surface area contributed by atoms with Gasteiger partial charge in [0.2, 0.25) is 6.41 Å². The summed E-state index contributed by atoms with van der Waals surface area (Å²) >= 11 is 1.58. The fourth-order valence-electron chi connectivity index (χ4n) is 3.10. The van der Waals surface area contributed by atoms with E-state index >= 15 is 0 Å². The number of hydrogen-bond acceptors (Lipinski definition) is 6. The Morgan fingerprint density at radius 2 is 2.00 bits per heavy atom. The molecule has 29 heavy (non-hydrogen) atoms. The van der Waals surface area contributed by atoms with E-state index in [1.54, 1.807) is 30.2 Å². The second-order valence-corrected chi connectivity index (χ2v) is 8.93. The first-order valence-corrected chi connectivity index (χ1v) is 10.5. The summed E-state index contributed by atoms with van der Waals surface area (Å²) in [5.41, 5.74) is 1.04. The van der Waals surface area contributed by atoms with Crippen LogP contribution in [0.4, 0.5) is 5.69 Å². The van der Waals surface area contributed by atoms with Crippen molar-refractivity contribution in [2.75, 3.05) is 31.3 Å². The molecular formula is C21H27N3O4S. The molecule has 7 nitrogen and oxygen atoms in total. The first kappa shape index (κ1) is 21.4. The van der Waals surface area contributed by atoms with Gasteiger partial charge in [-0.1, -0.05) is 19.1 Å². The standard InChI is InChI=1S/C21H27N3O4S/c1-15(21(2,3)20(26)27)12-19-22-13-18(29-19)16-4-6-17(7-5-16)24(14-25)23-8-10-28-11-9-23/h4-7,13-15H,8-12H2,1-3H3,(H,26,27). The molecule has 1 aromatic carbocycles. The number of anilines is 1. The number of amides is 1. The normalized spacial score (nSPS) is 16.4. The van der Waals surface area contributed by atoms with Gasteiger partial charge in [-0.25, -0.2) is 15.0 Å². The van der Waals surface area contributed by atoms with Gasteiger partial charge in [0.25, 0.3) is 0 Å². The maximum atomic E-state index is 11.6. The monoisotopic (exact) mass is 417 g/mol. The smallest absolute Gasteiger partial charge is 0.309 e. The molecule has 8 heteroatoms. The van der Waals surface area contributed by atoms with Crippen molar-refractivity contribution >= 4 is 29.4 Å². The van der Waals surface area contributed by atoms with E-state index in [0.29, 0.717) is 32.7 Å². The molecule has 0 saturated carbocycles. The number of carboxylic acids is 1. The summed E-state index contributed by atoms with van der Waals surface area (Å²) in [6, 6.07) is 7.81. The van der Waals surface area contributed by atoms with Gasteiger partial charge in [0.15, 0.2) is 0 Å². The van der Waals surface area contributed by atoms with Crippen LogP contribution in [0.3, 0.4) is 0 Å². The van der Waals surface area contributed by atoms with Crippen LogP contribution in [0.1, 0.15) is 25.8 Å². The van der Waals surface area contributed by atoms with E-state index in [0.717, 1.165) is 27.5 Å². The largest absolute Gasteiger partial charge is 0.481 e. The molecule has 0 aliphatic carbocycles. The highest BCUT2D eigenvalue weighted by Gasteiger charge is 2.34. The minimum atomic E-state index is -0.800. The molecule has 1 atom stereocenters. The molecule has 0 radical (unpaired) electrons. The Bertz CT molecular complexity index is 844. The van der Waals surface area contributed by atoms with E-state index in [9.17, 15) is 14.7 Å². The van der Waals surface area contributed by atoms with Gasteiger partial charge in [-0.2, -0.15) is 0 Å². The number of thiazole rings is 1. The number of benzene rings is 1. The van der Waals surface area contributed by atoms with Crippen molar-refractivity contribution in [2.24, 2.45) is 11.3 Å². The van der Waals surface area contributed by atoms with Gasteiger partial charge in [-0.3, -0.25) is 9.59 Å². The molecule has 1 amide bonds. The first-order valence-electron chi connectivity index (χ1n) is 9.68. The number of morpholine rings is 1. The average molecular weight is 418 g/mol. The molecule has 1 fully saturated rings. The second kappa shape index (κ2) is 9.02. The Kier molecular flexibility index (Phi) is 6.66. The topological polar surface area (TPSA) is 83.0 Å². The van der Waals surface area contributed by atoms with Crippen LogP contribution in [0.2, 0.25) is 0 Å². The molecule has 156 valence electrons. The van der Waals surface area contributed by atoms with Crippen LogP contribution in [0.25, 0.3) is 10.4 Å². The maximum Gasteiger partial charge on any atom is 0.309 e. The first-order chi connectivity index (χ1) is 13.8. The Hall–Kier alpha value is -2.29. The summed E-state index contributed by atoms with van der Waals surface area (Å²) in [5, 5.41) is 13.9. The third-order valence-corrected chi connectivity index (χ3v) is 6.69. The molecule has 0 bridgehead atoms. The summed E-state index contributed by atoms with van der Waals surface area (Å²) < 4.78 is 5.35. The van der Waals surface area contributed by atoms with E-state index < -0.39 is 11.4 Å². The predicted molar refractivity (Wildman–Crippen MR) is 113 cm³/mol. The van der Waals surface area contributed by atoms with Crippen LogP contribution < -0.4 is 5.01 Å². The lowest BCUT2D eigenvalue weighted by Gasteiger charge is -2.34. The molecule has 2 aromatic rings. The fourth-order valence-corrected chi connectivity index (χ4v) is 4.16. The van der Waals surface area contributed by atoms with Crippen molar-refractivity contribution in [3.05, 3.63) is 35.5 Å². The minimum Gasteiger partial charge on any atom is -0.481 e. The second-order valence-electron chi connectivity index (χ2n) is 7.81. The van der Waals surface area contributed by atoms with E-state index in [-0.39, 0.29) is 5.92 Å². The number of rotatable bonds is 8. The third-order valence-electron chi connectivity index (χ3n) is 5.63. The minimum absolute atomic E-state index is 0.0314. The average Bonchev–Trinajstić information content (AvgIpc) is 3.18. The van der Waals surface area contributed by atoms with Gasteiger partial charge in [0, 0.05) is 25.7 Å². The van der Waals surface area contributed by atoms with Gasteiger partial charge in [0.1, 0.15) is 0 Å². The van der Waals surface area contributed by atoms with Crippen molar-refractivity contribution in [2.45, 2.75) is 27.2 Å². The summed E-state index contributed by atoms with van der Waals surface area (Å²) in [5.74, 6) is -0.826. The Labute approximate surface area is 174 Å². The summed E-state index contributed by atoms with van der Waals surface area (Å²) in [4.78, 5) is 28.6. The van der Waals surface area contributed by atoms with E-state index in [1.165, 1.54) is 0 Å². The van der Waals surface area contributed by atoms with Crippen LogP contribution in [-0.2, 0) is 20.7 Å². The van der Waals surface area contributed by atoms with Crippen LogP contribution >= 0.6 is 11.3 Å². The number of carbonyl (C=O) groups is 2. The lowest BCUT2D eigenvalue weighted by atomic mass is 9.78. The number of hydrogen-bond donors (Lipinski definition) is 1. The lowest BCUT2D eigenvalue weighted by Crippen LogP contribution is -2.48. The van der Waals surface area contributed by atoms with Crippen molar-refractivity contribution in [1.29, 1.82) is 0 Å². The molecule has 1 unspecified atom stereocenters. The van der Waals surface area contributed by atoms with Gasteiger partial charge in [-0.05, 0) is 37.5 Å². The number of nitrogens with zero attached hydrogens (tertiary/aromatic N) is 3. The Morgan fingerprint density at radius 1 is 1.34 bits per heavy atom. The molecule has 1 N–H and O–H groups in total. The van der Waals surface area contributed by atoms with Crippen molar-refractivity contribution in [3.8, 4) is 10.4 Å². The molecule has 2 heterocycles. The van der Waals surface area contributed by atoms with Crippen LogP contribution in [0, 0.1) is 11.3 Å². The van der Waals surface area contributed by atoms with Crippen molar-refractivity contribution in [3.63, 3.8) is 0 Å². The van der Waals surface area contributed by atoms with Crippen molar-refractivity contribution < 1.29 is 19.4 Å². The third kappa shape index (κ3) is 4.83. The maximum absolute atomic E-state index is 11.6. The highest BCUT2D eigenvalue weighted by Crippen LogP contribution is 2.33. The molecule has 1 aliphatic heterocycles. The van der Waals surface area contributed by atoms with Crippen LogP contribution in [0.5, 0.6) is 0 Å². The molecule has 3 rings (SSSR count). The number of carbonyl (C=O) groups excluding carboxylic acids is 1. The van der Waals surface area contributed by atoms with Crippen LogP contribution in [0.15, 0.2) is 30.5 Å². The van der Waals surface area contributed by atoms with E-state index in [4.69, 9.17) is 4.74 Å². The number of ether oxygens (including phenoxy) is 1. The van der Waals surface area contributed by atoms with Gasteiger partial charge >= 0.3 is 5.97 Å². The van der Waals surface area contributed by atoms with Gasteiger partial charge < -0.3 is 9.84 Å². The fraction of sp³-hybridized carbons (Fsp3) is 0.476. The zero-order chi connectivity index (χ0) is 21.0. The number of aromatic nitrogens is 1. The lowest BCUT2D eigenvalue weighted by molar-refractivity contribution is -0.149. The Balaban J connectivity index is 1.70. The van der Waals surface area contributed by atoms with E-state index in [1.807, 2.05) is 42.4 Å². The molecule has 1 aliphatic rings. The van der Waals surface area contributed by atoms with Crippen molar-refractivity contribution in [1.82, 2.24) is 9.99 Å². The summed E-state index contributed by atoms with van der Waals surface area (Å²) in [7, 11) is 0.